The maximum atomic E-state index is 10.3. The molecule has 0 saturated heterocycles. The summed E-state index contributed by atoms with van der Waals surface area (Å²) >= 11 is 0. The quantitative estimate of drug-likeness (QED) is 0.794. The Labute approximate surface area is 112 Å². The Morgan fingerprint density at radius 3 is 1.56 bits per heavy atom. The number of aliphatic hydroxyl groups excluding tert-OH is 2. The molecule has 6 unspecified atom stereocenters. The minimum Gasteiger partial charge on any atom is -0.393 e. The highest BCUT2D eigenvalue weighted by molar-refractivity contribution is 4.89. The van der Waals surface area contributed by atoms with Gasteiger partial charge in [0, 0.05) is 0 Å². The van der Waals surface area contributed by atoms with E-state index in [1.807, 2.05) is 0 Å². The van der Waals surface area contributed by atoms with E-state index >= 15 is 0 Å². The van der Waals surface area contributed by atoms with Crippen LogP contribution in [0.15, 0.2) is 0 Å². The summed E-state index contributed by atoms with van der Waals surface area (Å²) in [7, 11) is 0. The first-order valence-electron chi connectivity index (χ1n) is 7.85. The van der Waals surface area contributed by atoms with E-state index in [4.69, 9.17) is 0 Å². The van der Waals surface area contributed by atoms with Crippen LogP contribution in [-0.4, -0.2) is 22.4 Å². The van der Waals surface area contributed by atoms with E-state index in [1.54, 1.807) is 0 Å². The fourth-order valence-corrected chi connectivity index (χ4v) is 4.27. The van der Waals surface area contributed by atoms with Crippen LogP contribution < -0.4 is 0 Å². The molecule has 2 N–H and O–H groups in total. The fraction of sp³-hybridized carbons (Fsp3) is 1.00. The van der Waals surface area contributed by atoms with E-state index in [1.165, 1.54) is 0 Å². The van der Waals surface area contributed by atoms with Gasteiger partial charge in [0.25, 0.3) is 0 Å². The van der Waals surface area contributed by atoms with Crippen LogP contribution in [0, 0.1) is 29.6 Å². The van der Waals surface area contributed by atoms with Crippen LogP contribution in [0.5, 0.6) is 0 Å². The van der Waals surface area contributed by atoms with E-state index in [-0.39, 0.29) is 12.2 Å². The SMILES string of the molecule is CC1CCC(O)C(C(C)C2CC(C)CCC2O)C1. The van der Waals surface area contributed by atoms with Crippen molar-refractivity contribution >= 4 is 0 Å². The third-order valence-corrected chi connectivity index (χ3v) is 5.60. The van der Waals surface area contributed by atoms with Crippen molar-refractivity contribution in [3.05, 3.63) is 0 Å². The average Bonchev–Trinajstić information content (AvgIpc) is 2.34. The molecule has 2 aliphatic carbocycles. The minimum atomic E-state index is -0.138. The summed E-state index contributed by atoms with van der Waals surface area (Å²) in [5.41, 5.74) is 0. The van der Waals surface area contributed by atoms with Crippen molar-refractivity contribution in [1.82, 2.24) is 0 Å². The molecule has 0 aromatic rings. The van der Waals surface area contributed by atoms with Crippen molar-refractivity contribution in [1.29, 1.82) is 0 Å². The van der Waals surface area contributed by atoms with E-state index in [9.17, 15) is 10.2 Å². The molecule has 2 heteroatoms. The lowest BCUT2D eigenvalue weighted by molar-refractivity contribution is -0.0406. The summed E-state index contributed by atoms with van der Waals surface area (Å²) in [5.74, 6) is 2.73. The number of rotatable bonds is 2. The maximum absolute atomic E-state index is 10.3. The van der Waals surface area contributed by atoms with Gasteiger partial charge in [-0.2, -0.15) is 0 Å². The van der Waals surface area contributed by atoms with Gasteiger partial charge in [-0.15, -0.1) is 0 Å². The van der Waals surface area contributed by atoms with Crippen LogP contribution in [0.25, 0.3) is 0 Å². The van der Waals surface area contributed by atoms with Gasteiger partial charge < -0.3 is 10.2 Å². The Hall–Kier alpha value is -0.0800. The molecule has 2 nitrogen and oxygen atoms in total. The Bertz CT molecular complexity index is 240. The molecule has 106 valence electrons. The molecule has 0 radical (unpaired) electrons. The molecule has 2 fully saturated rings. The Morgan fingerprint density at radius 1 is 0.778 bits per heavy atom. The van der Waals surface area contributed by atoms with Gasteiger partial charge in [-0.25, -0.2) is 0 Å². The zero-order valence-corrected chi connectivity index (χ0v) is 12.2. The average molecular weight is 254 g/mol. The fourth-order valence-electron chi connectivity index (χ4n) is 4.27. The predicted octanol–water partition coefficient (Wildman–Crippen LogP) is 3.22. The normalized spacial score (nSPS) is 47.8. The van der Waals surface area contributed by atoms with Gasteiger partial charge in [0.2, 0.25) is 0 Å². The van der Waals surface area contributed by atoms with Crippen molar-refractivity contribution < 1.29 is 10.2 Å². The first-order chi connectivity index (χ1) is 8.49. The Balaban J connectivity index is 2.01. The van der Waals surface area contributed by atoms with Crippen molar-refractivity contribution in [3.63, 3.8) is 0 Å². The minimum absolute atomic E-state index is 0.138. The molecule has 6 atom stereocenters. The van der Waals surface area contributed by atoms with Crippen LogP contribution in [0.3, 0.4) is 0 Å². The maximum Gasteiger partial charge on any atom is 0.0571 e. The molecule has 0 bridgehead atoms. The molecule has 2 aliphatic rings. The highest BCUT2D eigenvalue weighted by Gasteiger charge is 2.39. The van der Waals surface area contributed by atoms with E-state index in [0.717, 1.165) is 50.4 Å². The molecule has 18 heavy (non-hydrogen) atoms. The van der Waals surface area contributed by atoms with Crippen molar-refractivity contribution in [2.75, 3.05) is 0 Å². The third-order valence-electron chi connectivity index (χ3n) is 5.60. The smallest absolute Gasteiger partial charge is 0.0571 e. The zero-order valence-electron chi connectivity index (χ0n) is 12.2. The van der Waals surface area contributed by atoms with Crippen LogP contribution >= 0.6 is 0 Å². The first-order valence-corrected chi connectivity index (χ1v) is 7.85. The largest absolute Gasteiger partial charge is 0.393 e. The van der Waals surface area contributed by atoms with Crippen molar-refractivity contribution in [3.8, 4) is 0 Å². The van der Waals surface area contributed by atoms with Gasteiger partial charge in [0.05, 0.1) is 12.2 Å². The van der Waals surface area contributed by atoms with Gasteiger partial charge in [-0.3, -0.25) is 0 Å². The molecule has 0 spiro atoms. The molecule has 0 heterocycles. The number of hydrogen-bond acceptors (Lipinski definition) is 2. The summed E-state index contributed by atoms with van der Waals surface area (Å²) in [4.78, 5) is 0. The lowest BCUT2D eigenvalue weighted by atomic mass is 9.65. The number of aliphatic hydroxyl groups is 2. The highest BCUT2D eigenvalue weighted by Crippen LogP contribution is 2.42. The highest BCUT2D eigenvalue weighted by atomic mass is 16.3. The second-order valence-electron chi connectivity index (χ2n) is 7.16. The van der Waals surface area contributed by atoms with E-state index < -0.39 is 0 Å². The molecular weight excluding hydrogens is 224 g/mol. The molecule has 0 amide bonds. The predicted molar refractivity (Wildman–Crippen MR) is 74.2 cm³/mol. The summed E-state index contributed by atoms with van der Waals surface area (Å²) in [6, 6.07) is 0. The van der Waals surface area contributed by atoms with Gasteiger partial charge in [0.15, 0.2) is 0 Å². The molecule has 0 aromatic carbocycles. The van der Waals surface area contributed by atoms with E-state index in [0.29, 0.717) is 17.8 Å². The molecule has 0 aliphatic heterocycles. The van der Waals surface area contributed by atoms with Crippen LogP contribution in [0.1, 0.15) is 59.3 Å². The molecular formula is C16H30O2. The standard InChI is InChI=1S/C16H30O2/c1-10-4-6-15(17)13(8-10)12(3)14-9-11(2)5-7-16(14)18/h10-18H,4-9H2,1-3H3. The molecule has 0 aromatic heterocycles. The third kappa shape index (κ3) is 3.08. The first kappa shape index (κ1) is 14.3. The second kappa shape index (κ2) is 5.92. The summed E-state index contributed by atoms with van der Waals surface area (Å²) < 4.78 is 0. The number of hydrogen-bond donors (Lipinski definition) is 2. The Kier molecular flexibility index (Phi) is 4.71. The lowest BCUT2D eigenvalue weighted by Crippen LogP contribution is -2.41. The van der Waals surface area contributed by atoms with Gasteiger partial charge in [-0.1, -0.05) is 20.8 Å². The molecule has 2 rings (SSSR count). The lowest BCUT2D eigenvalue weighted by Gasteiger charge is -2.43. The zero-order chi connectivity index (χ0) is 13.3. The van der Waals surface area contributed by atoms with Gasteiger partial charge >= 0.3 is 0 Å². The summed E-state index contributed by atoms with van der Waals surface area (Å²) in [6.45, 7) is 6.86. The van der Waals surface area contributed by atoms with Gasteiger partial charge in [-0.05, 0) is 68.1 Å². The van der Waals surface area contributed by atoms with Gasteiger partial charge in [0.1, 0.15) is 0 Å². The Morgan fingerprint density at radius 2 is 1.17 bits per heavy atom. The summed E-state index contributed by atoms with van der Waals surface area (Å²) in [5, 5.41) is 20.5. The summed E-state index contributed by atoms with van der Waals surface area (Å²) in [6.07, 6.45) is 6.23. The van der Waals surface area contributed by atoms with Crippen LogP contribution in [-0.2, 0) is 0 Å². The van der Waals surface area contributed by atoms with Crippen LogP contribution in [0.4, 0.5) is 0 Å². The van der Waals surface area contributed by atoms with Crippen LogP contribution in [0.2, 0.25) is 0 Å². The topological polar surface area (TPSA) is 40.5 Å². The molecule has 2 saturated carbocycles. The second-order valence-corrected chi connectivity index (χ2v) is 7.16. The van der Waals surface area contributed by atoms with Crippen molar-refractivity contribution in [2.45, 2.75) is 71.5 Å². The monoisotopic (exact) mass is 254 g/mol. The van der Waals surface area contributed by atoms with Crippen molar-refractivity contribution in [2.24, 2.45) is 29.6 Å². The van der Waals surface area contributed by atoms with E-state index in [2.05, 4.69) is 20.8 Å².